The van der Waals surface area contributed by atoms with Crippen LogP contribution in [-0.2, 0) is 0 Å². The van der Waals surface area contributed by atoms with Crippen LogP contribution in [0.1, 0.15) is 18.0 Å². The molecule has 2 rings (SSSR count). The summed E-state index contributed by atoms with van der Waals surface area (Å²) >= 11 is 0. The highest BCUT2D eigenvalue weighted by molar-refractivity contribution is 5.47. The van der Waals surface area contributed by atoms with E-state index in [-0.39, 0.29) is 12.7 Å². The number of ether oxygens (including phenoxy) is 2. The molecule has 4 nitrogen and oxygen atoms in total. The standard InChI is InChI=1S/C15H23FN2O2/c1-19-13-4-3-5-14(20-2)15(13)12(6-7-16)18-10-8-17-9-11-18/h3-5,12,17H,6-11H2,1-2H3/t12-/m0/s1. The summed E-state index contributed by atoms with van der Waals surface area (Å²) < 4.78 is 24.0. The molecule has 0 unspecified atom stereocenters. The summed E-state index contributed by atoms with van der Waals surface area (Å²) in [5.41, 5.74) is 0.956. The van der Waals surface area contributed by atoms with Crippen LogP contribution in [0, 0.1) is 0 Å². The summed E-state index contributed by atoms with van der Waals surface area (Å²) in [6.07, 6.45) is 0.455. The van der Waals surface area contributed by atoms with Gasteiger partial charge in [-0.1, -0.05) is 6.07 Å². The van der Waals surface area contributed by atoms with Crippen LogP contribution in [0.4, 0.5) is 4.39 Å². The molecule has 0 aliphatic carbocycles. The minimum atomic E-state index is -0.351. The molecule has 1 aliphatic rings. The van der Waals surface area contributed by atoms with Gasteiger partial charge in [-0.2, -0.15) is 0 Å². The Morgan fingerprint density at radius 1 is 1.20 bits per heavy atom. The number of methoxy groups -OCH3 is 2. The van der Waals surface area contributed by atoms with Crippen molar-refractivity contribution in [1.82, 2.24) is 10.2 Å². The van der Waals surface area contributed by atoms with E-state index in [9.17, 15) is 4.39 Å². The van der Waals surface area contributed by atoms with Gasteiger partial charge in [0.15, 0.2) is 0 Å². The molecule has 1 N–H and O–H groups in total. The van der Waals surface area contributed by atoms with Gasteiger partial charge in [-0.25, -0.2) is 0 Å². The van der Waals surface area contributed by atoms with Crippen molar-refractivity contribution in [1.29, 1.82) is 0 Å². The second kappa shape index (κ2) is 7.45. The van der Waals surface area contributed by atoms with Crippen molar-refractivity contribution in [3.63, 3.8) is 0 Å². The molecule has 1 heterocycles. The zero-order chi connectivity index (χ0) is 14.4. The molecule has 0 saturated carbocycles. The Bertz CT molecular complexity index is 400. The molecule has 0 bridgehead atoms. The lowest BCUT2D eigenvalue weighted by Gasteiger charge is -2.36. The van der Waals surface area contributed by atoms with Gasteiger partial charge in [-0.05, 0) is 18.6 Å². The van der Waals surface area contributed by atoms with Crippen LogP contribution in [0.15, 0.2) is 18.2 Å². The molecule has 1 aromatic carbocycles. The van der Waals surface area contributed by atoms with E-state index in [1.54, 1.807) is 14.2 Å². The predicted octanol–water partition coefficient (Wildman–Crippen LogP) is 2.01. The average molecular weight is 282 g/mol. The van der Waals surface area contributed by atoms with Crippen LogP contribution < -0.4 is 14.8 Å². The molecule has 1 fully saturated rings. The number of halogens is 1. The van der Waals surface area contributed by atoms with Crippen LogP contribution in [0.2, 0.25) is 0 Å². The Labute approximate surface area is 119 Å². The van der Waals surface area contributed by atoms with E-state index in [1.165, 1.54) is 0 Å². The Morgan fingerprint density at radius 3 is 2.30 bits per heavy atom. The zero-order valence-electron chi connectivity index (χ0n) is 12.2. The van der Waals surface area contributed by atoms with Gasteiger partial charge in [0.2, 0.25) is 0 Å². The van der Waals surface area contributed by atoms with Gasteiger partial charge in [-0.15, -0.1) is 0 Å². The van der Waals surface area contributed by atoms with Crippen molar-refractivity contribution in [3.05, 3.63) is 23.8 Å². The maximum Gasteiger partial charge on any atom is 0.127 e. The molecule has 1 aliphatic heterocycles. The monoisotopic (exact) mass is 282 g/mol. The number of piperazine rings is 1. The van der Waals surface area contributed by atoms with Crippen molar-refractivity contribution in [2.45, 2.75) is 12.5 Å². The third-order valence-corrected chi connectivity index (χ3v) is 3.77. The number of benzene rings is 1. The molecule has 1 aromatic rings. The first kappa shape index (κ1) is 15.1. The van der Waals surface area contributed by atoms with E-state index in [4.69, 9.17) is 9.47 Å². The largest absolute Gasteiger partial charge is 0.496 e. The van der Waals surface area contributed by atoms with Crippen LogP contribution >= 0.6 is 0 Å². The number of hydrogen-bond acceptors (Lipinski definition) is 4. The normalized spacial score (nSPS) is 17.8. The Balaban J connectivity index is 2.36. The highest BCUT2D eigenvalue weighted by atomic mass is 19.1. The number of hydrogen-bond donors (Lipinski definition) is 1. The molecule has 0 radical (unpaired) electrons. The number of nitrogens with one attached hydrogen (secondary N) is 1. The molecular weight excluding hydrogens is 259 g/mol. The van der Waals surface area contributed by atoms with E-state index < -0.39 is 0 Å². The lowest BCUT2D eigenvalue weighted by molar-refractivity contribution is 0.152. The summed E-state index contributed by atoms with van der Waals surface area (Å²) in [4.78, 5) is 2.30. The minimum absolute atomic E-state index is 0.00630. The van der Waals surface area contributed by atoms with E-state index >= 15 is 0 Å². The highest BCUT2D eigenvalue weighted by Crippen LogP contribution is 2.38. The lowest BCUT2D eigenvalue weighted by Crippen LogP contribution is -2.45. The molecule has 1 atom stereocenters. The smallest absolute Gasteiger partial charge is 0.127 e. The topological polar surface area (TPSA) is 33.7 Å². The molecule has 20 heavy (non-hydrogen) atoms. The molecule has 0 amide bonds. The molecule has 0 aromatic heterocycles. The second-order valence-electron chi connectivity index (χ2n) is 4.86. The van der Waals surface area contributed by atoms with Gasteiger partial charge in [0.1, 0.15) is 11.5 Å². The third-order valence-electron chi connectivity index (χ3n) is 3.77. The SMILES string of the molecule is COc1cccc(OC)c1[C@H](CCF)N1CCNCC1. The fourth-order valence-corrected chi connectivity index (χ4v) is 2.81. The maximum atomic E-state index is 13.0. The van der Waals surface area contributed by atoms with Crippen LogP contribution in [0.5, 0.6) is 11.5 Å². The first-order chi connectivity index (χ1) is 9.81. The summed E-state index contributed by atoms with van der Waals surface area (Å²) in [7, 11) is 3.28. The third kappa shape index (κ3) is 3.22. The van der Waals surface area contributed by atoms with Gasteiger partial charge in [0, 0.05) is 32.2 Å². The number of rotatable bonds is 6. The predicted molar refractivity (Wildman–Crippen MR) is 77.3 cm³/mol. The van der Waals surface area contributed by atoms with Crippen LogP contribution in [-0.4, -0.2) is 52.0 Å². The first-order valence-electron chi connectivity index (χ1n) is 7.03. The van der Waals surface area contributed by atoms with Crippen molar-refractivity contribution >= 4 is 0 Å². The van der Waals surface area contributed by atoms with Crippen molar-refractivity contribution in [3.8, 4) is 11.5 Å². The number of alkyl halides is 1. The van der Waals surface area contributed by atoms with Gasteiger partial charge in [0.05, 0.1) is 26.5 Å². The van der Waals surface area contributed by atoms with Gasteiger partial charge in [0.25, 0.3) is 0 Å². The first-order valence-corrected chi connectivity index (χ1v) is 7.03. The summed E-state index contributed by atoms with van der Waals surface area (Å²) in [6.45, 7) is 3.33. The molecule has 1 saturated heterocycles. The van der Waals surface area contributed by atoms with Crippen LogP contribution in [0.25, 0.3) is 0 Å². The Morgan fingerprint density at radius 2 is 1.80 bits per heavy atom. The molecule has 0 spiro atoms. The fraction of sp³-hybridized carbons (Fsp3) is 0.600. The molecule has 112 valence electrons. The molecule has 5 heteroatoms. The van der Waals surface area contributed by atoms with E-state index in [2.05, 4.69) is 10.2 Å². The summed E-state index contributed by atoms with van der Waals surface area (Å²) in [5.74, 6) is 1.53. The second-order valence-corrected chi connectivity index (χ2v) is 4.86. The minimum Gasteiger partial charge on any atom is -0.496 e. The molecular formula is C15H23FN2O2. The van der Waals surface area contributed by atoms with Gasteiger partial charge in [-0.3, -0.25) is 9.29 Å². The highest BCUT2D eigenvalue weighted by Gasteiger charge is 2.27. The summed E-state index contributed by atoms with van der Waals surface area (Å²) in [6, 6.07) is 5.70. The lowest BCUT2D eigenvalue weighted by atomic mass is 9.99. The number of nitrogens with zero attached hydrogens (tertiary/aromatic N) is 1. The summed E-state index contributed by atoms with van der Waals surface area (Å²) in [5, 5.41) is 3.32. The van der Waals surface area contributed by atoms with E-state index in [0.717, 1.165) is 43.2 Å². The van der Waals surface area contributed by atoms with Crippen molar-refractivity contribution < 1.29 is 13.9 Å². The van der Waals surface area contributed by atoms with Crippen LogP contribution in [0.3, 0.4) is 0 Å². The zero-order valence-corrected chi connectivity index (χ0v) is 12.2. The Kier molecular flexibility index (Phi) is 5.61. The van der Waals surface area contributed by atoms with Gasteiger partial charge < -0.3 is 14.8 Å². The van der Waals surface area contributed by atoms with Crippen molar-refractivity contribution in [2.24, 2.45) is 0 Å². The van der Waals surface area contributed by atoms with Gasteiger partial charge >= 0.3 is 0 Å². The average Bonchev–Trinajstić information content (AvgIpc) is 2.52. The quantitative estimate of drug-likeness (QED) is 0.865. The Hall–Kier alpha value is -1.33. The van der Waals surface area contributed by atoms with E-state index in [1.807, 2.05) is 18.2 Å². The maximum absolute atomic E-state index is 13.0. The van der Waals surface area contributed by atoms with Crippen molar-refractivity contribution in [2.75, 3.05) is 47.1 Å². The fourth-order valence-electron chi connectivity index (χ4n) is 2.81. The van der Waals surface area contributed by atoms with E-state index in [0.29, 0.717) is 6.42 Å².